The minimum absolute atomic E-state index is 0.166. The maximum Gasteiger partial charge on any atom is 0.252 e. The molecule has 0 atom stereocenters. The van der Waals surface area contributed by atoms with Gasteiger partial charge in [0.2, 0.25) is 0 Å². The Bertz CT molecular complexity index is 572. The predicted octanol–water partition coefficient (Wildman–Crippen LogP) is 1.72. The van der Waals surface area contributed by atoms with Crippen molar-refractivity contribution in [2.75, 3.05) is 46.3 Å². The number of nitrogens with zero attached hydrogens (tertiary/aromatic N) is 2. The highest BCUT2D eigenvalue weighted by atomic mass is 35.5. The number of nitrogens with one attached hydrogen (secondary N) is 3. The first kappa shape index (κ1) is 19.5. The number of halogens is 1. The first-order valence-corrected chi connectivity index (χ1v) is 9.28. The molecule has 6 nitrogen and oxygen atoms in total. The molecule has 1 aromatic rings. The minimum Gasteiger partial charge on any atom is -0.355 e. The van der Waals surface area contributed by atoms with Crippen LogP contribution in [0.2, 0.25) is 5.02 Å². The molecule has 7 heteroatoms. The summed E-state index contributed by atoms with van der Waals surface area (Å²) in [5.74, 6) is 0.587. The molecule has 0 aliphatic carbocycles. The maximum absolute atomic E-state index is 12.1. The van der Waals surface area contributed by atoms with Crippen LogP contribution in [0.15, 0.2) is 29.3 Å². The van der Waals surface area contributed by atoms with Crippen LogP contribution in [0.3, 0.4) is 0 Å². The van der Waals surface area contributed by atoms with E-state index in [2.05, 4.69) is 25.8 Å². The van der Waals surface area contributed by atoms with Crippen molar-refractivity contribution < 1.29 is 4.79 Å². The van der Waals surface area contributed by atoms with Crippen molar-refractivity contribution >= 4 is 23.5 Å². The number of carbonyl (C=O) groups excluding carboxylic acids is 1. The summed E-state index contributed by atoms with van der Waals surface area (Å²) in [6, 6.07) is 7.03. The largest absolute Gasteiger partial charge is 0.355 e. The topological polar surface area (TPSA) is 68.8 Å². The molecule has 2 rings (SSSR count). The number of hydrogen-bond acceptors (Lipinski definition) is 3. The molecule has 1 amide bonds. The summed E-state index contributed by atoms with van der Waals surface area (Å²) in [6.07, 6.45) is 3.96. The van der Waals surface area contributed by atoms with Gasteiger partial charge in [-0.15, -0.1) is 0 Å². The van der Waals surface area contributed by atoms with Crippen molar-refractivity contribution in [1.82, 2.24) is 20.9 Å². The normalized spacial score (nSPS) is 15.7. The highest BCUT2D eigenvalue weighted by Gasteiger charge is 2.10. The Morgan fingerprint density at radius 2 is 1.76 bits per heavy atom. The molecule has 25 heavy (non-hydrogen) atoms. The molecule has 1 aliphatic rings. The predicted molar refractivity (Wildman–Crippen MR) is 103 cm³/mol. The third-order valence-electron chi connectivity index (χ3n) is 4.21. The first-order chi connectivity index (χ1) is 12.2. The van der Waals surface area contributed by atoms with Crippen molar-refractivity contribution in [3.63, 3.8) is 0 Å². The van der Waals surface area contributed by atoms with E-state index in [9.17, 15) is 4.79 Å². The first-order valence-electron chi connectivity index (χ1n) is 8.90. The van der Waals surface area contributed by atoms with E-state index in [0.717, 1.165) is 19.0 Å². The van der Waals surface area contributed by atoms with E-state index in [4.69, 9.17) is 11.6 Å². The van der Waals surface area contributed by atoms with Gasteiger partial charge in [-0.1, -0.05) is 30.2 Å². The van der Waals surface area contributed by atoms with Crippen LogP contribution < -0.4 is 16.0 Å². The summed E-state index contributed by atoms with van der Waals surface area (Å²) >= 11 is 6.02. The molecule has 1 heterocycles. The third-order valence-corrected chi connectivity index (χ3v) is 4.54. The zero-order valence-electron chi connectivity index (χ0n) is 14.9. The molecule has 1 aromatic carbocycles. The van der Waals surface area contributed by atoms with Crippen molar-refractivity contribution in [3.8, 4) is 0 Å². The van der Waals surface area contributed by atoms with E-state index in [1.807, 2.05) is 0 Å². The van der Waals surface area contributed by atoms with Crippen molar-refractivity contribution in [2.24, 2.45) is 4.99 Å². The quantitative estimate of drug-likeness (QED) is 0.391. The van der Waals surface area contributed by atoms with Crippen molar-refractivity contribution in [2.45, 2.75) is 19.3 Å². The summed E-state index contributed by atoms with van der Waals surface area (Å²) < 4.78 is 0. The summed E-state index contributed by atoms with van der Waals surface area (Å²) in [6.45, 7) is 5.38. The average Bonchev–Trinajstić information content (AvgIpc) is 2.64. The van der Waals surface area contributed by atoms with Gasteiger partial charge in [0.05, 0.1) is 10.6 Å². The van der Waals surface area contributed by atoms with Crippen LogP contribution in [0.25, 0.3) is 0 Å². The van der Waals surface area contributed by atoms with Gasteiger partial charge in [-0.2, -0.15) is 0 Å². The molecular formula is C18H28ClN5O. The number of piperidine rings is 1. The summed E-state index contributed by atoms with van der Waals surface area (Å²) in [5, 5.41) is 9.82. The number of hydrogen-bond donors (Lipinski definition) is 3. The van der Waals surface area contributed by atoms with Gasteiger partial charge in [-0.3, -0.25) is 9.79 Å². The molecule has 0 saturated carbocycles. The lowest BCUT2D eigenvalue weighted by atomic mass is 10.1. The van der Waals surface area contributed by atoms with Crippen LogP contribution in [0.4, 0.5) is 0 Å². The van der Waals surface area contributed by atoms with Gasteiger partial charge in [-0.25, -0.2) is 0 Å². The Morgan fingerprint density at radius 1 is 1.08 bits per heavy atom. The second kappa shape index (κ2) is 10.9. The smallest absolute Gasteiger partial charge is 0.252 e. The van der Waals surface area contributed by atoms with Gasteiger partial charge in [0.15, 0.2) is 5.96 Å². The number of guanidine groups is 1. The number of likely N-dealkylation sites (tertiary alicyclic amines) is 1. The van der Waals surface area contributed by atoms with E-state index in [1.54, 1.807) is 31.3 Å². The second-order valence-corrected chi connectivity index (χ2v) is 6.47. The molecular weight excluding hydrogens is 338 g/mol. The highest BCUT2D eigenvalue weighted by molar-refractivity contribution is 6.33. The number of amides is 1. The van der Waals surface area contributed by atoms with Gasteiger partial charge in [0.1, 0.15) is 0 Å². The van der Waals surface area contributed by atoms with Crippen LogP contribution in [-0.4, -0.2) is 63.1 Å². The fourth-order valence-corrected chi connectivity index (χ4v) is 3.06. The lowest BCUT2D eigenvalue weighted by Gasteiger charge is -2.26. The Kier molecular flexibility index (Phi) is 8.55. The van der Waals surface area contributed by atoms with Crippen LogP contribution in [0, 0.1) is 0 Å². The summed E-state index contributed by atoms with van der Waals surface area (Å²) in [4.78, 5) is 18.7. The number of aliphatic imine (C=N–C) groups is 1. The van der Waals surface area contributed by atoms with Gasteiger partial charge in [-0.05, 0) is 38.1 Å². The third kappa shape index (κ3) is 6.92. The molecule has 0 unspecified atom stereocenters. The van der Waals surface area contributed by atoms with Gasteiger partial charge in [0.25, 0.3) is 5.91 Å². The number of benzene rings is 1. The zero-order chi connectivity index (χ0) is 17.9. The maximum atomic E-state index is 12.1. The van der Waals surface area contributed by atoms with Crippen LogP contribution in [0.5, 0.6) is 0 Å². The Morgan fingerprint density at radius 3 is 2.48 bits per heavy atom. The molecule has 1 saturated heterocycles. The SMILES string of the molecule is CN=C(NCCNC(=O)c1ccccc1Cl)NCCN1CCCCC1. The molecule has 0 bridgehead atoms. The molecule has 3 N–H and O–H groups in total. The molecule has 1 fully saturated rings. The standard InChI is InChI=1S/C18H28ClN5O/c1-20-18(23-11-14-24-12-5-2-6-13-24)22-10-9-21-17(25)15-7-3-4-8-16(15)19/h3-4,7-8H,2,5-6,9-14H2,1H3,(H,21,25)(H2,20,22,23). The Hall–Kier alpha value is -1.79. The van der Waals surface area contributed by atoms with Crippen LogP contribution >= 0.6 is 11.6 Å². The fraction of sp³-hybridized carbons (Fsp3) is 0.556. The summed E-state index contributed by atoms with van der Waals surface area (Å²) in [5.41, 5.74) is 0.494. The zero-order valence-corrected chi connectivity index (χ0v) is 15.6. The minimum atomic E-state index is -0.166. The Labute approximate surface area is 155 Å². The molecule has 0 aromatic heterocycles. The van der Waals surface area contributed by atoms with Crippen LogP contribution in [-0.2, 0) is 0 Å². The molecule has 1 aliphatic heterocycles. The molecule has 0 spiro atoms. The molecule has 0 radical (unpaired) electrons. The van der Waals surface area contributed by atoms with E-state index in [1.165, 1.54) is 32.4 Å². The second-order valence-electron chi connectivity index (χ2n) is 6.06. The van der Waals surface area contributed by atoms with Crippen molar-refractivity contribution in [3.05, 3.63) is 34.9 Å². The van der Waals surface area contributed by atoms with E-state index < -0.39 is 0 Å². The van der Waals surface area contributed by atoms with Crippen molar-refractivity contribution in [1.29, 1.82) is 0 Å². The number of rotatable bonds is 7. The monoisotopic (exact) mass is 365 g/mol. The summed E-state index contributed by atoms with van der Waals surface area (Å²) in [7, 11) is 1.75. The Balaban J connectivity index is 1.60. The van der Waals surface area contributed by atoms with Crippen LogP contribution in [0.1, 0.15) is 29.6 Å². The number of carbonyl (C=O) groups is 1. The van der Waals surface area contributed by atoms with E-state index in [-0.39, 0.29) is 5.91 Å². The van der Waals surface area contributed by atoms with E-state index >= 15 is 0 Å². The molecule has 138 valence electrons. The van der Waals surface area contributed by atoms with Gasteiger partial charge >= 0.3 is 0 Å². The lowest BCUT2D eigenvalue weighted by molar-refractivity contribution is 0.0954. The van der Waals surface area contributed by atoms with Gasteiger partial charge < -0.3 is 20.9 Å². The lowest BCUT2D eigenvalue weighted by Crippen LogP contribution is -2.44. The average molecular weight is 366 g/mol. The fourth-order valence-electron chi connectivity index (χ4n) is 2.83. The highest BCUT2D eigenvalue weighted by Crippen LogP contribution is 2.14. The van der Waals surface area contributed by atoms with Gasteiger partial charge in [0, 0.05) is 33.2 Å². The van der Waals surface area contributed by atoms with E-state index in [0.29, 0.717) is 23.7 Å².